The molecule has 0 atom stereocenters. The Morgan fingerprint density at radius 1 is 1.47 bits per heavy atom. The van der Waals surface area contributed by atoms with E-state index in [2.05, 4.69) is 0 Å². The molecular formula is C14H18ClNO3. The third-order valence-electron chi connectivity index (χ3n) is 3.32. The van der Waals surface area contributed by atoms with E-state index in [0.717, 1.165) is 12.8 Å². The molecule has 1 aliphatic heterocycles. The number of hydrogen-bond acceptors (Lipinski definition) is 3. The predicted molar refractivity (Wildman–Crippen MR) is 73.7 cm³/mol. The van der Waals surface area contributed by atoms with Gasteiger partial charge in [0.15, 0.2) is 0 Å². The number of amides is 1. The Labute approximate surface area is 117 Å². The van der Waals surface area contributed by atoms with E-state index in [1.54, 1.807) is 17.0 Å². The SMILES string of the molecule is CCOC1CCN(C(=O)c2ccc(Cl)cc2O)CC1. The van der Waals surface area contributed by atoms with Gasteiger partial charge in [-0.05, 0) is 38.0 Å². The maximum absolute atomic E-state index is 12.3. The molecule has 0 saturated carbocycles. The fourth-order valence-corrected chi connectivity index (χ4v) is 2.48. The molecule has 1 aromatic carbocycles. The smallest absolute Gasteiger partial charge is 0.257 e. The van der Waals surface area contributed by atoms with Crippen molar-refractivity contribution in [3.05, 3.63) is 28.8 Å². The summed E-state index contributed by atoms with van der Waals surface area (Å²) in [6.45, 7) is 4.00. The molecule has 19 heavy (non-hydrogen) atoms. The molecular weight excluding hydrogens is 266 g/mol. The summed E-state index contributed by atoms with van der Waals surface area (Å²) < 4.78 is 5.55. The topological polar surface area (TPSA) is 49.8 Å². The van der Waals surface area contributed by atoms with Crippen LogP contribution in [-0.2, 0) is 4.74 Å². The van der Waals surface area contributed by atoms with Crippen LogP contribution in [0.3, 0.4) is 0 Å². The number of carbonyl (C=O) groups is 1. The standard InChI is InChI=1S/C14H18ClNO3/c1-2-19-11-5-7-16(8-6-11)14(18)12-4-3-10(15)9-13(12)17/h3-4,9,11,17H,2,5-8H2,1H3. The molecule has 1 N–H and O–H groups in total. The molecule has 0 bridgehead atoms. The van der Waals surface area contributed by atoms with E-state index in [4.69, 9.17) is 16.3 Å². The Morgan fingerprint density at radius 3 is 2.74 bits per heavy atom. The number of likely N-dealkylation sites (tertiary alicyclic amines) is 1. The molecule has 1 saturated heterocycles. The minimum Gasteiger partial charge on any atom is -0.507 e. The number of halogens is 1. The predicted octanol–water partition coefficient (Wildman–Crippen LogP) is 2.69. The summed E-state index contributed by atoms with van der Waals surface area (Å²) in [5.41, 5.74) is 0.305. The molecule has 1 fully saturated rings. The molecule has 1 heterocycles. The van der Waals surface area contributed by atoms with Crippen LogP contribution in [0.2, 0.25) is 5.02 Å². The molecule has 0 aromatic heterocycles. The number of nitrogens with zero attached hydrogens (tertiary/aromatic N) is 1. The summed E-state index contributed by atoms with van der Waals surface area (Å²) in [5.74, 6) is -0.214. The van der Waals surface area contributed by atoms with Crippen LogP contribution < -0.4 is 0 Å². The van der Waals surface area contributed by atoms with Gasteiger partial charge in [-0.15, -0.1) is 0 Å². The zero-order chi connectivity index (χ0) is 13.8. The molecule has 104 valence electrons. The third kappa shape index (κ3) is 3.39. The van der Waals surface area contributed by atoms with Crippen LogP contribution in [-0.4, -0.2) is 41.7 Å². The highest BCUT2D eigenvalue weighted by Gasteiger charge is 2.25. The van der Waals surface area contributed by atoms with Crippen molar-refractivity contribution in [1.82, 2.24) is 4.90 Å². The zero-order valence-electron chi connectivity index (χ0n) is 10.9. The largest absolute Gasteiger partial charge is 0.507 e. The molecule has 0 spiro atoms. The summed E-state index contributed by atoms with van der Waals surface area (Å²) in [4.78, 5) is 14.0. The van der Waals surface area contributed by atoms with Crippen LogP contribution in [0.1, 0.15) is 30.1 Å². The molecule has 0 aliphatic carbocycles. The van der Waals surface area contributed by atoms with Crippen molar-refractivity contribution in [3.8, 4) is 5.75 Å². The van der Waals surface area contributed by atoms with Crippen LogP contribution in [0.5, 0.6) is 5.75 Å². The zero-order valence-corrected chi connectivity index (χ0v) is 11.7. The number of piperidine rings is 1. The first kappa shape index (κ1) is 14.2. The first-order valence-corrected chi connectivity index (χ1v) is 6.89. The van der Waals surface area contributed by atoms with Gasteiger partial charge in [0.25, 0.3) is 5.91 Å². The summed E-state index contributed by atoms with van der Waals surface area (Å²) in [6, 6.07) is 4.57. The fourth-order valence-electron chi connectivity index (χ4n) is 2.32. The van der Waals surface area contributed by atoms with Gasteiger partial charge in [-0.1, -0.05) is 11.6 Å². The molecule has 1 aromatic rings. The number of benzene rings is 1. The van der Waals surface area contributed by atoms with Crippen LogP contribution in [0.25, 0.3) is 0 Å². The Morgan fingerprint density at radius 2 is 2.16 bits per heavy atom. The van der Waals surface area contributed by atoms with Gasteiger partial charge in [0.05, 0.1) is 11.7 Å². The minimum absolute atomic E-state index is 0.0653. The first-order valence-electron chi connectivity index (χ1n) is 6.51. The maximum Gasteiger partial charge on any atom is 0.257 e. The van der Waals surface area contributed by atoms with Gasteiger partial charge >= 0.3 is 0 Å². The van der Waals surface area contributed by atoms with E-state index in [0.29, 0.717) is 30.3 Å². The third-order valence-corrected chi connectivity index (χ3v) is 3.56. The molecule has 0 unspecified atom stereocenters. The lowest BCUT2D eigenvalue weighted by molar-refractivity contribution is 0.0145. The van der Waals surface area contributed by atoms with Crippen LogP contribution in [0.15, 0.2) is 18.2 Å². The second-order valence-corrected chi connectivity index (χ2v) is 5.04. The molecule has 0 radical (unpaired) electrons. The summed E-state index contributed by atoms with van der Waals surface area (Å²) in [5, 5.41) is 10.2. The van der Waals surface area contributed by atoms with E-state index in [1.807, 2.05) is 6.92 Å². The Kier molecular flexibility index (Phi) is 4.66. The van der Waals surface area contributed by atoms with E-state index in [9.17, 15) is 9.90 Å². The van der Waals surface area contributed by atoms with E-state index >= 15 is 0 Å². The van der Waals surface area contributed by atoms with E-state index < -0.39 is 0 Å². The van der Waals surface area contributed by atoms with Crippen molar-refractivity contribution < 1.29 is 14.6 Å². The van der Waals surface area contributed by atoms with E-state index in [1.165, 1.54) is 6.07 Å². The van der Waals surface area contributed by atoms with Crippen molar-refractivity contribution in [3.63, 3.8) is 0 Å². The molecule has 2 rings (SSSR count). The second kappa shape index (κ2) is 6.26. The van der Waals surface area contributed by atoms with Crippen LogP contribution >= 0.6 is 11.6 Å². The number of ether oxygens (including phenoxy) is 1. The van der Waals surface area contributed by atoms with Crippen molar-refractivity contribution in [2.45, 2.75) is 25.9 Å². The van der Waals surface area contributed by atoms with Crippen LogP contribution in [0.4, 0.5) is 0 Å². The highest BCUT2D eigenvalue weighted by Crippen LogP contribution is 2.24. The maximum atomic E-state index is 12.3. The number of phenolic OH excluding ortho intramolecular Hbond substituents is 1. The van der Waals surface area contributed by atoms with E-state index in [-0.39, 0.29) is 17.8 Å². The Hall–Kier alpha value is -1.26. The average Bonchev–Trinajstić information content (AvgIpc) is 2.39. The molecule has 5 heteroatoms. The van der Waals surface area contributed by atoms with Crippen molar-refractivity contribution >= 4 is 17.5 Å². The second-order valence-electron chi connectivity index (χ2n) is 4.61. The molecule has 4 nitrogen and oxygen atoms in total. The highest BCUT2D eigenvalue weighted by atomic mass is 35.5. The first-order chi connectivity index (χ1) is 9.11. The monoisotopic (exact) mass is 283 g/mol. The quantitative estimate of drug-likeness (QED) is 0.928. The van der Waals surface area contributed by atoms with Crippen molar-refractivity contribution in [2.24, 2.45) is 0 Å². The van der Waals surface area contributed by atoms with Gasteiger partial charge in [-0.3, -0.25) is 4.79 Å². The number of carbonyl (C=O) groups excluding carboxylic acids is 1. The van der Waals surface area contributed by atoms with Gasteiger partial charge in [0, 0.05) is 24.7 Å². The average molecular weight is 284 g/mol. The Balaban J connectivity index is 2.01. The summed E-state index contributed by atoms with van der Waals surface area (Å²) >= 11 is 5.76. The fraction of sp³-hybridized carbons (Fsp3) is 0.500. The lowest BCUT2D eigenvalue weighted by Crippen LogP contribution is -2.40. The molecule has 1 amide bonds. The minimum atomic E-state index is -0.149. The number of phenols is 1. The Bertz CT molecular complexity index is 456. The summed E-state index contributed by atoms with van der Waals surface area (Å²) in [7, 11) is 0. The highest BCUT2D eigenvalue weighted by molar-refractivity contribution is 6.30. The van der Waals surface area contributed by atoms with Crippen molar-refractivity contribution in [1.29, 1.82) is 0 Å². The number of hydrogen-bond donors (Lipinski definition) is 1. The number of rotatable bonds is 3. The summed E-state index contributed by atoms with van der Waals surface area (Å²) in [6.07, 6.45) is 1.93. The van der Waals surface area contributed by atoms with Gasteiger partial charge < -0.3 is 14.7 Å². The molecule has 1 aliphatic rings. The van der Waals surface area contributed by atoms with Gasteiger partial charge in [0.1, 0.15) is 5.75 Å². The number of aromatic hydroxyl groups is 1. The van der Waals surface area contributed by atoms with Crippen molar-refractivity contribution in [2.75, 3.05) is 19.7 Å². The van der Waals surface area contributed by atoms with Gasteiger partial charge in [-0.25, -0.2) is 0 Å². The lowest BCUT2D eigenvalue weighted by atomic mass is 10.1. The lowest BCUT2D eigenvalue weighted by Gasteiger charge is -2.31. The van der Waals surface area contributed by atoms with Crippen LogP contribution in [0, 0.1) is 0 Å². The normalized spacial score (nSPS) is 16.6. The van der Waals surface area contributed by atoms with Gasteiger partial charge in [-0.2, -0.15) is 0 Å². The van der Waals surface area contributed by atoms with Gasteiger partial charge in [0.2, 0.25) is 0 Å².